The molecular weight excluding hydrogens is 224 g/mol. The molecule has 0 atom stereocenters. The van der Waals surface area contributed by atoms with E-state index in [4.69, 9.17) is 5.84 Å². The molecule has 0 aliphatic carbocycles. The molecule has 0 radical (unpaired) electrons. The van der Waals surface area contributed by atoms with Crippen molar-refractivity contribution in [1.29, 1.82) is 0 Å². The van der Waals surface area contributed by atoms with Crippen LogP contribution in [0.15, 0.2) is 18.2 Å². The van der Waals surface area contributed by atoms with Crippen molar-refractivity contribution in [3.8, 4) is 0 Å². The molecule has 1 aliphatic rings. The van der Waals surface area contributed by atoms with Crippen molar-refractivity contribution in [3.05, 3.63) is 18.2 Å². The summed E-state index contributed by atoms with van der Waals surface area (Å²) < 4.78 is 11.2. The minimum absolute atomic E-state index is 0.373. The molecule has 1 aromatic heterocycles. The lowest BCUT2D eigenvalue weighted by Gasteiger charge is -2.23. The van der Waals surface area contributed by atoms with Crippen molar-refractivity contribution in [3.63, 3.8) is 0 Å². The second-order valence-corrected chi connectivity index (χ2v) is 5.52. The Balaban J connectivity index is 1.95. The molecule has 0 amide bonds. The predicted octanol–water partition coefficient (Wildman–Crippen LogP) is 0.690. The Bertz CT molecular complexity index is 375. The normalized spacial score (nSPS) is 25.1. The quantitative estimate of drug-likeness (QED) is 0.535. The van der Waals surface area contributed by atoms with E-state index >= 15 is 0 Å². The van der Waals surface area contributed by atoms with Crippen LogP contribution in [0.5, 0.6) is 0 Å². The van der Waals surface area contributed by atoms with Crippen LogP contribution in [0.1, 0.15) is 12.8 Å². The topological polar surface area (TPSA) is 80.0 Å². The summed E-state index contributed by atoms with van der Waals surface area (Å²) >= 11 is 0. The number of hydrogen-bond acceptors (Lipinski definition) is 5. The molecule has 2 rings (SSSR count). The number of hydrogen-bond donors (Lipinski definition) is 3. The average Bonchev–Trinajstić information content (AvgIpc) is 2.32. The summed E-state index contributed by atoms with van der Waals surface area (Å²) in [7, 11) is -0.618. The van der Waals surface area contributed by atoms with Gasteiger partial charge in [-0.25, -0.2) is 10.8 Å². The second kappa shape index (κ2) is 5.27. The Labute approximate surface area is 97.3 Å². The zero-order valence-electron chi connectivity index (χ0n) is 8.98. The van der Waals surface area contributed by atoms with Crippen LogP contribution in [0.4, 0.5) is 11.6 Å². The van der Waals surface area contributed by atoms with Crippen LogP contribution >= 0.6 is 0 Å². The lowest BCUT2D eigenvalue weighted by atomic mass is 10.1. The highest BCUT2D eigenvalue weighted by molar-refractivity contribution is 7.85. The smallest absolute Gasteiger partial charge is 0.142 e. The molecule has 2 heterocycles. The van der Waals surface area contributed by atoms with E-state index in [1.165, 1.54) is 0 Å². The van der Waals surface area contributed by atoms with Crippen molar-refractivity contribution in [2.45, 2.75) is 18.9 Å². The molecular formula is C10H16N4OS. The molecule has 16 heavy (non-hydrogen) atoms. The van der Waals surface area contributed by atoms with Gasteiger partial charge in [0.2, 0.25) is 0 Å². The van der Waals surface area contributed by atoms with Gasteiger partial charge in [0.1, 0.15) is 11.6 Å². The Morgan fingerprint density at radius 1 is 1.31 bits per heavy atom. The summed E-state index contributed by atoms with van der Waals surface area (Å²) in [4.78, 5) is 4.28. The SMILES string of the molecule is NNc1cccc(NC2CCS(=O)CC2)n1. The maximum Gasteiger partial charge on any atom is 0.142 e. The largest absolute Gasteiger partial charge is 0.367 e. The minimum Gasteiger partial charge on any atom is -0.367 e. The van der Waals surface area contributed by atoms with Crippen molar-refractivity contribution in [1.82, 2.24) is 4.98 Å². The van der Waals surface area contributed by atoms with Gasteiger partial charge in [0.15, 0.2) is 0 Å². The van der Waals surface area contributed by atoms with Gasteiger partial charge in [-0.2, -0.15) is 0 Å². The van der Waals surface area contributed by atoms with Crippen LogP contribution in [0.2, 0.25) is 0 Å². The molecule has 1 saturated heterocycles. The van der Waals surface area contributed by atoms with E-state index in [9.17, 15) is 4.21 Å². The van der Waals surface area contributed by atoms with Gasteiger partial charge >= 0.3 is 0 Å². The van der Waals surface area contributed by atoms with E-state index < -0.39 is 10.8 Å². The number of nitrogens with zero attached hydrogens (tertiary/aromatic N) is 1. The Kier molecular flexibility index (Phi) is 3.74. The number of nitrogens with two attached hydrogens (primary N) is 1. The van der Waals surface area contributed by atoms with E-state index in [1.54, 1.807) is 6.07 Å². The summed E-state index contributed by atoms with van der Waals surface area (Å²) in [5.41, 5.74) is 2.51. The molecule has 6 heteroatoms. The van der Waals surface area contributed by atoms with Crippen molar-refractivity contribution < 1.29 is 4.21 Å². The van der Waals surface area contributed by atoms with Gasteiger partial charge in [0.05, 0.1) is 0 Å². The molecule has 5 nitrogen and oxygen atoms in total. The molecule has 0 bridgehead atoms. The van der Waals surface area contributed by atoms with Crippen LogP contribution in [0, 0.1) is 0 Å². The van der Waals surface area contributed by atoms with E-state index in [0.717, 1.165) is 30.2 Å². The predicted molar refractivity (Wildman–Crippen MR) is 66.6 cm³/mol. The Morgan fingerprint density at radius 2 is 2.00 bits per heavy atom. The highest BCUT2D eigenvalue weighted by Crippen LogP contribution is 2.15. The van der Waals surface area contributed by atoms with E-state index in [0.29, 0.717) is 11.9 Å². The number of hydrazine groups is 1. The molecule has 1 aromatic rings. The van der Waals surface area contributed by atoms with E-state index in [-0.39, 0.29) is 0 Å². The molecule has 0 spiro atoms. The molecule has 4 N–H and O–H groups in total. The Morgan fingerprint density at radius 3 is 2.69 bits per heavy atom. The molecule has 1 aliphatic heterocycles. The average molecular weight is 240 g/mol. The summed E-state index contributed by atoms with van der Waals surface area (Å²) in [6.07, 6.45) is 1.88. The van der Waals surface area contributed by atoms with E-state index in [2.05, 4.69) is 15.7 Å². The fourth-order valence-electron chi connectivity index (χ4n) is 1.74. The lowest BCUT2D eigenvalue weighted by Crippen LogP contribution is -2.29. The van der Waals surface area contributed by atoms with Gasteiger partial charge in [-0.3, -0.25) is 4.21 Å². The number of nitrogen functional groups attached to an aromatic ring is 1. The number of nitrogens with one attached hydrogen (secondary N) is 2. The van der Waals surface area contributed by atoms with Gasteiger partial charge in [-0.05, 0) is 25.0 Å². The highest BCUT2D eigenvalue weighted by atomic mass is 32.2. The van der Waals surface area contributed by atoms with Crippen molar-refractivity contribution in [2.24, 2.45) is 5.84 Å². The third kappa shape index (κ3) is 2.93. The standard InChI is InChI=1S/C10H16N4OS/c11-14-10-3-1-2-9(13-10)12-8-4-6-16(15)7-5-8/h1-3,8H,4-7,11H2,(H2,12,13,14). The van der Waals surface area contributed by atoms with Crippen molar-refractivity contribution in [2.75, 3.05) is 22.2 Å². The molecule has 0 saturated carbocycles. The zero-order valence-corrected chi connectivity index (χ0v) is 9.80. The number of rotatable bonds is 3. The minimum atomic E-state index is -0.618. The fourth-order valence-corrected chi connectivity index (χ4v) is 3.04. The molecule has 0 unspecified atom stereocenters. The molecule has 88 valence electrons. The number of anilines is 2. The second-order valence-electron chi connectivity index (χ2n) is 3.82. The molecule has 0 aromatic carbocycles. The number of aromatic nitrogens is 1. The third-order valence-corrected chi connectivity index (χ3v) is 4.02. The first-order valence-corrected chi connectivity index (χ1v) is 6.82. The van der Waals surface area contributed by atoms with Gasteiger partial charge in [0.25, 0.3) is 0 Å². The zero-order chi connectivity index (χ0) is 11.4. The summed E-state index contributed by atoms with van der Waals surface area (Å²) in [6.45, 7) is 0. The van der Waals surface area contributed by atoms with Crippen LogP contribution in [-0.4, -0.2) is 26.7 Å². The van der Waals surface area contributed by atoms with Gasteiger partial charge in [-0.1, -0.05) is 6.07 Å². The summed E-state index contributed by atoms with van der Waals surface area (Å²) in [5, 5.41) is 3.34. The first-order valence-electron chi connectivity index (χ1n) is 5.33. The van der Waals surface area contributed by atoms with Gasteiger partial charge < -0.3 is 10.7 Å². The highest BCUT2D eigenvalue weighted by Gasteiger charge is 2.17. The number of pyridine rings is 1. The first kappa shape index (κ1) is 11.3. The van der Waals surface area contributed by atoms with Crippen LogP contribution < -0.4 is 16.6 Å². The summed E-state index contributed by atoms with van der Waals surface area (Å²) in [5.74, 6) is 8.31. The lowest BCUT2D eigenvalue weighted by molar-refractivity contribution is 0.622. The third-order valence-electron chi connectivity index (χ3n) is 2.64. The molecule has 1 fully saturated rings. The van der Waals surface area contributed by atoms with Crippen LogP contribution in [0.25, 0.3) is 0 Å². The van der Waals surface area contributed by atoms with Crippen molar-refractivity contribution >= 4 is 22.4 Å². The van der Waals surface area contributed by atoms with E-state index in [1.807, 2.05) is 12.1 Å². The summed E-state index contributed by atoms with van der Waals surface area (Å²) in [6, 6.07) is 5.98. The van der Waals surface area contributed by atoms with Gasteiger partial charge in [-0.15, -0.1) is 0 Å². The van der Waals surface area contributed by atoms with Crippen LogP contribution in [-0.2, 0) is 10.8 Å². The Hall–Kier alpha value is -1.14. The first-order chi connectivity index (χ1) is 7.78. The maximum absolute atomic E-state index is 11.2. The van der Waals surface area contributed by atoms with Gasteiger partial charge in [0, 0.05) is 28.3 Å². The monoisotopic (exact) mass is 240 g/mol. The maximum atomic E-state index is 11.2. The van der Waals surface area contributed by atoms with Crippen LogP contribution in [0.3, 0.4) is 0 Å². The fraction of sp³-hybridized carbons (Fsp3) is 0.500.